The van der Waals surface area contributed by atoms with Crippen LogP contribution in [0.5, 0.6) is 5.75 Å². The third-order valence-electron chi connectivity index (χ3n) is 1.82. The highest BCUT2D eigenvalue weighted by Crippen LogP contribution is 2.23. The van der Waals surface area contributed by atoms with Crippen LogP contribution < -0.4 is 4.74 Å². The summed E-state index contributed by atoms with van der Waals surface area (Å²) in [5.74, 6) is 0.711. The number of para-hydroxylation sites is 1. The van der Waals surface area contributed by atoms with Crippen molar-refractivity contribution in [2.24, 2.45) is 0 Å². The van der Waals surface area contributed by atoms with E-state index in [1.54, 1.807) is 24.3 Å². The molecule has 0 bridgehead atoms. The molecule has 1 rings (SSSR count). The number of carbonyl (C=O) groups excluding carboxylic acids is 1. The van der Waals surface area contributed by atoms with Gasteiger partial charge in [-0.3, -0.25) is 4.79 Å². The van der Waals surface area contributed by atoms with Gasteiger partial charge in [0.15, 0.2) is 0 Å². The van der Waals surface area contributed by atoms with Crippen LogP contribution in [0.15, 0.2) is 24.3 Å². The molecular weight excluding hydrogens is 235 g/mol. The van der Waals surface area contributed by atoms with Gasteiger partial charge in [-0.2, -0.15) is 0 Å². The summed E-state index contributed by atoms with van der Waals surface area (Å²) in [7, 11) is 0. The molecule has 0 aromatic heterocycles. The molecule has 0 aliphatic carbocycles. The van der Waals surface area contributed by atoms with E-state index in [4.69, 9.17) is 27.9 Å². The number of halogens is 2. The summed E-state index contributed by atoms with van der Waals surface area (Å²) in [4.78, 5) is 11.3. The fourth-order valence-electron chi connectivity index (χ4n) is 1.07. The molecule has 0 spiro atoms. The van der Waals surface area contributed by atoms with Crippen LogP contribution in [0.25, 0.3) is 0 Å². The van der Waals surface area contributed by atoms with Gasteiger partial charge < -0.3 is 4.74 Å². The van der Waals surface area contributed by atoms with E-state index in [0.29, 0.717) is 23.1 Å². The number of rotatable bonds is 5. The maximum absolute atomic E-state index is 11.3. The zero-order valence-corrected chi connectivity index (χ0v) is 9.72. The molecule has 15 heavy (non-hydrogen) atoms. The number of benzene rings is 1. The maximum Gasteiger partial charge on any atom is 0.311 e. The second-order valence-corrected chi connectivity index (χ2v) is 3.84. The lowest BCUT2D eigenvalue weighted by Gasteiger charge is -2.04. The number of carbonyl (C=O) groups is 1. The topological polar surface area (TPSA) is 26.3 Å². The Balaban J connectivity index is 2.41. The van der Waals surface area contributed by atoms with Gasteiger partial charge in [0.05, 0.1) is 5.02 Å². The number of esters is 1. The SMILES string of the molecule is O=C(CCCCCl)Oc1ccccc1Cl. The van der Waals surface area contributed by atoms with Gasteiger partial charge in [-0.25, -0.2) is 0 Å². The van der Waals surface area contributed by atoms with Crippen LogP contribution in [0.1, 0.15) is 19.3 Å². The molecule has 1 aromatic rings. The van der Waals surface area contributed by atoms with Crippen molar-refractivity contribution in [2.45, 2.75) is 19.3 Å². The molecule has 0 aliphatic heterocycles. The molecule has 1 aromatic carbocycles. The number of alkyl halides is 1. The first-order chi connectivity index (χ1) is 7.24. The van der Waals surface area contributed by atoms with Crippen molar-refractivity contribution >= 4 is 29.2 Å². The molecule has 0 saturated heterocycles. The van der Waals surface area contributed by atoms with Gasteiger partial charge in [0.1, 0.15) is 5.75 Å². The average molecular weight is 247 g/mol. The van der Waals surface area contributed by atoms with Crippen LogP contribution in [0.3, 0.4) is 0 Å². The molecule has 0 saturated carbocycles. The summed E-state index contributed by atoms with van der Waals surface area (Å²) in [6.07, 6.45) is 1.93. The standard InChI is InChI=1S/C11H12Cl2O2/c12-8-4-3-7-11(14)15-10-6-2-1-5-9(10)13/h1-2,5-6H,3-4,7-8H2. The van der Waals surface area contributed by atoms with E-state index < -0.39 is 0 Å². The third-order valence-corrected chi connectivity index (χ3v) is 2.40. The van der Waals surface area contributed by atoms with Crippen molar-refractivity contribution in [3.8, 4) is 5.75 Å². The Morgan fingerprint density at radius 2 is 2.00 bits per heavy atom. The van der Waals surface area contributed by atoms with Crippen LogP contribution in [0, 0.1) is 0 Å². The molecule has 0 fully saturated rings. The van der Waals surface area contributed by atoms with Crippen molar-refractivity contribution in [3.05, 3.63) is 29.3 Å². The van der Waals surface area contributed by atoms with Crippen LogP contribution in [-0.2, 0) is 4.79 Å². The summed E-state index contributed by atoms with van der Waals surface area (Å²) in [5.41, 5.74) is 0. The highest BCUT2D eigenvalue weighted by atomic mass is 35.5. The van der Waals surface area contributed by atoms with Gasteiger partial charge in [-0.05, 0) is 25.0 Å². The monoisotopic (exact) mass is 246 g/mol. The summed E-state index contributed by atoms with van der Waals surface area (Å²) >= 11 is 11.3. The first kappa shape index (κ1) is 12.3. The first-order valence-electron chi connectivity index (χ1n) is 4.75. The van der Waals surface area contributed by atoms with E-state index in [1.165, 1.54) is 0 Å². The highest BCUT2D eigenvalue weighted by Gasteiger charge is 2.06. The van der Waals surface area contributed by atoms with E-state index in [-0.39, 0.29) is 5.97 Å². The number of hydrogen-bond acceptors (Lipinski definition) is 2. The molecule has 0 amide bonds. The Morgan fingerprint density at radius 1 is 1.27 bits per heavy atom. The lowest BCUT2D eigenvalue weighted by molar-refractivity contribution is -0.134. The molecule has 2 nitrogen and oxygen atoms in total. The second-order valence-electron chi connectivity index (χ2n) is 3.05. The number of unbranched alkanes of at least 4 members (excludes halogenated alkanes) is 1. The maximum atomic E-state index is 11.3. The zero-order chi connectivity index (χ0) is 11.1. The van der Waals surface area contributed by atoms with E-state index in [9.17, 15) is 4.79 Å². The lowest BCUT2D eigenvalue weighted by atomic mass is 10.2. The second kappa shape index (κ2) is 6.70. The summed E-state index contributed by atoms with van der Waals surface area (Å²) in [5, 5.41) is 0.447. The average Bonchev–Trinajstić information content (AvgIpc) is 2.22. The van der Waals surface area contributed by atoms with Crippen molar-refractivity contribution in [1.82, 2.24) is 0 Å². The fourth-order valence-corrected chi connectivity index (χ4v) is 1.43. The Bertz CT molecular complexity index is 326. The minimum Gasteiger partial charge on any atom is -0.425 e. The van der Waals surface area contributed by atoms with Gasteiger partial charge in [0.25, 0.3) is 0 Å². The van der Waals surface area contributed by atoms with Gasteiger partial charge in [0, 0.05) is 12.3 Å². The Kier molecular flexibility index (Phi) is 5.51. The van der Waals surface area contributed by atoms with E-state index in [2.05, 4.69) is 0 Å². The number of hydrogen-bond donors (Lipinski definition) is 0. The molecule has 82 valence electrons. The van der Waals surface area contributed by atoms with Crippen LogP contribution in [0.2, 0.25) is 5.02 Å². The summed E-state index contributed by atoms with van der Waals surface area (Å²) in [6, 6.07) is 6.91. The van der Waals surface area contributed by atoms with Crippen LogP contribution in [0.4, 0.5) is 0 Å². The predicted octanol–water partition coefficient (Wildman–Crippen LogP) is 3.65. The summed E-state index contributed by atoms with van der Waals surface area (Å²) < 4.78 is 5.08. The molecule has 0 aliphatic rings. The van der Waals surface area contributed by atoms with Gasteiger partial charge in [-0.1, -0.05) is 23.7 Å². The van der Waals surface area contributed by atoms with E-state index in [0.717, 1.165) is 12.8 Å². The Morgan fingerprint density at radius 3 is 2.67 bits per heavy atom. The molecular formula is C11H12Cl2O2. The Hall–Kier alpha value is -0.730. The van der Waals surface area contributed by atoms with E-state index in [1.807, 2.05) is 0 Å². The molecule has 0 unspecified atom stereocenters. The quantitative estimate of drug-likeness (QED) is 0.343. The van der Waals surface area contributed by atoms with E-state index >= 15 is 0 Å². The van der Waals surface area contributed by atoms with Crippen molar-refractivity contribution in [1.29, 1.82) is 0 Å². The van der Waals surface area contributed by atoms with Crippen molar-refractivity contribution in [2.75, 3.05) is 5.88 Å². The molecule has 0 heterocycles. The van der Waals surface area contributed by atoms with Gasteiger partial charge >= 0.3 is 5.97 Å². The smallest absolute Gasteiger partial charge is 0.311 e. The predicted molar refractivity (Wildman–Crippen MR) is 61.7 cm³/mol. The minimum absolute atomic E-state index is 0.270. The fraction of sp³-hybridized carbons (Fsp3) is 0.364. The molecule has 0 N–H and O–H groups in total. The van der Waals surface area contributed by atoms with Crippen molar-refractivity contribution in [3.63, 3.8) is 0 Å². The lowest BCUT2D eigenvalue weighted by Crippen LogP contribution is -2.07. The highest BCUT2D eigenvalue weighted by molar-refractivity contribution is 6.32. The minimum atomic E-state index is -0.270. The van der Waals surface area contributed by atoms with Gasteiger partial charge in [0.2, 0.25) is 0 Å². The zero-order valence-electron chi connectivity index (χ0n) is 8.21. The molecule has 0 radical (unpaired) electrons. The van der Waals surface area contributed by atoms with Crippen molar-refractivity contribution < 1.29 is 9.53 Å². The first-order valence-corrected chi connectivity index (χ1v) is 5.66. The molecule has 4 heteroatoms. The largest absolute Gasteiger partial charge is 0.425 e. The normalized spacial score (nSPS) is 10.0. The summed E-state index contributed by atoms with van der Waals surface area (Å²) in [6.45, 7) is 0. The Labute approximate surface area is 99.1 Å². The third kappa shape index (κ3) is 4.54. The van der Waals surface area contributed by atoms with Gasteiger partial charge in [-0.15, -0.1) is 11.6 Å². The molecule has 0 atom stereocenters. The van der Waals surface area contributed by atoms with Crippen LogP contribution in [-0.4, -0.2) is 11.8 Å². The number of ether oxygens (including phenoxy) is 1. The van der Waals surface area contributed by atoms with Crippen LogP contribution >= 0.6 is 23.2 Å².